The first-order valence-electron chi connectivity index (χ1n) is 11.8. The number of carbonyl (C=O) groups excluding carboxylic acids is 1. The van der Waals surface area contributed by atoms with Crippen molar-refractivity contribution in [3.05, 3.63) is 27.3 Å². The largest absolute Gasteiger partial charge is 0.495 e. The molecule has 3 saturated carbocycles. The number of aliphatic hydroxyl groups is 2. The monoisotopic (exact) mass is 556 g/mol. The van der Waals surface area contributed by atoms with Crippen LogP contribution in [0.15, 0.2) is 18.2 Å². The maximum absolute atomic E-state index is 13.6. The molecule has 1 heterocycles. The van der Waals surface area contributed by atoms with Gasteiger partial charge in [-0.15, -0.1) is 0 Å². The topological polar surface area (TPSA) is 82.0 Å². The van der Waals surface area contributed by atoms with Crippen molar-refractivity contribution in [3.8, 4) is 5.75 Å². The molecule has 32 heavy (non-hydrogen) atoms. The second-order valence-corrected chi connectivity index (χ2v) is 11.9. The summed E-state index contributed by atoms with van der Waals surface area (Å²) in [6.07, 6.45) is 0.739. The Kier molecular flexibility index (Phi) is 6.85. The van der Waals surface area contributed by atoms with E-state index in [-0.39, 0.29) is 11.9 Å². The number of nitrogens with zero attached hydrogens (tertiary/aromatic N) is 1. The van der Waals surface area contributed by atoms with Crippen molar-refractivity contribution in [2.24, 2.45) is 29.1 Å². The highest BCUT2D eigenvalue weighted by atomic mass is 127. The van der Waals surface area contributed by atoms with Crippen LogP contribution in [-0.4, -0.2) is 59.0 Å². The van der Waals surface area contributed by atoms with Crippen LogP contribution in [0.25, 0.3) is 0 Å². The molecule has 1 amide bonds. The number of methoxy groups -OCH3 is 1. The molecule has 1 aromatic rings. The van der Waals surface area contributed by atoms with Gasteiger partial charge in [0.25, 0.3) is 0 Å². The smallest absolute Gasteiger partial charge is 0.238 e. The lowest BCUT2D eigenvalue weighted by atomic mass is 9.45. The first kappa shape index (κ1) is 24.2. The Morgan fingerprint density at radius 3 is 2.69 bits per heavy atom. The molecule has 3 N–H and O–H groups in total. The Bertz CT molecular complexity index is 860. The molecule has 1 aliphatic heterocycles. The summed E-state index contributed by atoms with van der Waals surface area (Å²) in [6, 6.07) is 5.54. The highest BCUT2D eigenvalue weighted by Crippen LogP contribution is 2.61. The van der Waals surface area contributed by atoms with Crippen LogP contribution in [0.5, 0.6) is 5.75 Å². The summed E-state index contributed by atoms with van der Waals surface area (Å²) in [4.78, 5) is 15.6. The van der Waals surface area contributed by atoms with E-state index >= 15 is 0 Å². The fraction of sp³-hybridized carbons (Fsp3) is 0.720. The van der Waals surface area contributed by atoms with E-state index in [0.717, 1.165) is 21.3 Å². The van der Waals surface area contributed by atoms with E-state index in [1.54, 1.807) is 14.0 Å². The Hall–Kier alpha value is -0.900. The van der Waals surface area contributed by atoms with Gasteiger partial charge in [0.1, 0.15) is 5.75 Å². The molecule has 6 nitrogen and oxygen atoms in total. The van der Waals surface area contributed by atoms with Crippen molar-refractivity contribution in [1.29, 1.82) is 0 Å². The molecule has 4 fully saturated rings. The molecule has 7 heteroatoms. The summed E-state index contributed by atoms with van der Waals surface area (Å²) in [5.41, 5.74) is 1.34. The summed E-state index contributed by atoms with van der Waals surface area (Å²) in [6.45, 7) is 9.47. The van der Waals surface area contributed by atoms with Crippen molar-refractivity contribution >= 4 is 28.5 Å². The number of fused-ring (bicyclic) bond motifs is 2. The van der Waals surface area contributed by atoms with Gasteiger partial charge in [0.05, 0.1) is 28.9 Å². The summed E-state index contributed by atoms with van der Waals surface area (Å²) >= 11 is 2.25. The van der Waals surface area contributed by atoms with E-state index < -0.39 is 24.2 Å². The van der Waals surface area contributed by atoms with Gasteiger partial charge in [-0.3, -0.25) is 9.69 Å². The molecule has 5 rings (SSSR count). The van der Waals surface area contributed by atoms with Crippen LogP contribution in [0.1, 0.15) is 46.1 Å². The van der Waals surface area contributed by atoms with Crippen LogP contribution < -0.4 is 10.1 Å². The van der Waals surface area contributed by atoms with Gasteiger partial charge in [-0.1, -0.05) is 32.9 Å². The summed E-state index contributed by atoms with van der Waals surface area (Å²) in [5, 5.41) is 24.6. The van der Waals surface area contributed by atoms with Gasteiger partial charge in [-0.2, -0.15) is 0 Å². The highest BCUT2D eigenvalue weighted by Gasteiger charge is 2.57. The van der Waals surface area contributed by atoms with Crippen molar-refractivity contribution in [3.63, 3.8) is 0 Å². The Morgan fingerprint density at radius 1 is 1.38 bits per heavy atom. The van der Waals surface area contributed by atoms with Crippen molar-refractivity contribution in [1.82, 2.24) is 10.2 Å². The second-order valence-electron chi connectivity index (χ2n) is 10.8. The van der Waals surface area contributed by atoms with Gasteiger partial charge >= 0.3 is 0 Å². The van der Waals surface area contributed by atoms with Crippen molar-refractivity contribution in [2.45, 2.75) is 71.4 Å². The van der Waals surface area contributed by atoms with Crippen LogP contribution >= 0.6 is 22.6 Å². The van der Waals surface area contributed by atoms with E-state index in [1.807, 2.05) is 23.1 Å². The van der Waals surface area contributed by atoms with E-state index in [4.69, 9.17) is 4.74 Å². The maximum Gasteiger partial charge on any atom is 0.238 e. The number of β-amino-alcohol motifs (C(OH)–C–C–N with tert-alkyl or cyclic N) is 1. The number of nitrogens with one attached hydrogen (secondary N) is 1. The molecule has 0 radical (unpaired) electrons. The number of likely N-dealkylation sites (tertiary alicyclic amines) is 1. The minimum atomic E-state index is -0.778. The molecule has 0 aromatic heterocycles. The summed E-state index contributed by atoms with van der Waals surface area (Å²) < 4.78 is 6.62. The molecular formula is C25H37IN2O4. The third-order valence-electron chi connectivity index (χ3n) is 8.76. The fourth-order valence-corrected chi connectivity index (χ4v) is 7.53. The van der Waals surface area contributed by atoms with E-state index in [2.05, 4.69) is 48.7 Å². The number of amides is 1. The number of carbonyl (C=O) groups is 1. The maximum atomic E-state index is 13.6. The van der Waals surface area contributed by atoms with Gasteiger partial charge in [-0.25, -0.2) is 0 Å². The number of hydrogen-bond acceptors (Lipinski definition) is 5. The quantitative estimate of drug-likeness (QED) is 0.470. The Balaban J connectivity index is 1.54. The van der Waals surface area contributed by atoms with Crippen LogP contribution in [0.2, 0.25) is 0 Å². The van der Waals surface area contributed by atoms with Crippen LogP contribution in [0.3, 0.4) is 0 Å². The lowest BCUT2D eigenvalue weighted by Crippen LogP contribution is -2.62. The summed E-state index contributed by atoms with van der Waals surface area (Å²) in [5.74, 6) is 1.93. The minimum absolute atomic E-state index is 0.0759. The van der Waals surface area contributed by atoms with Crippen molar-refractivity contribution in [2.75, 3.05) is 13.7 Å². The number of benzene rings is 1. The van der Waals surface area contributed by atoms with Crippen LogP contribution in [-0.2, 0) is 11.3 Å². The van der Waals surface area contributed by atoms with Gasteiger partial charge in [-0.05, 0) is 71.6 Å². The van der Waals surface area contributed by atoms with Gasteiger partial charge < -0.3 is 20.3 Å². The lowest BCUT2D eigenvalue weighted by Gasteiger charge is -2.62. The number of ether oxygens (including phenoxy) is 1. The molecule has 0 spiro atoms. The SMILES string of the molecule is COc1c(I)cccc1CN1C[C@H](O)[C@@H]([C@H](C)O)[C@H]1C(=O)N[C@H]1C[C@H]2C[C@@H](C1C)C2(C)C. The van der Waals surface area contributed by atoms with Crippen LogP contribution in [0.4, 0.5) is 0 Å². The zero-order valence-corrected chi connectivity index (χ0v) is 21.9. The number of hydrogen-bond donors (Lipinski definition) is 3. The Morgan fingerprint density at radius 2 is 2.09 bits per heavy atom. The molecule has 8 atom stereocenters. The Labute approximate surface area is 205 Å². The van der Waals surface area contributed by atoms with E-state index in [0.29, 0.717) is 36.3 Å². The molecular weight excluding hydrogens is 519 g/mol. The van der Waals surface area contributed by atoms with E-state index in [9.17, 15) is 15.0 Å². The highest BCUT2D eigenvalue weighted by molar-refractivity contribution is 14.1. The minimum Gasteiger partial charge on any atom is -0.495 e. The molecule has 1 aromatic carbocycles. The zero-order valence-electron chi connectivity index (χ0n) is 19.7. The molecule has 1 unspecified atom stereocenters. The first-order valence-corrected chi connectivity index (χ1v) is 12.9. The van der Waals surface area contributed by atoms with Crippen molar-refractivity contribution < 1.29 is 19.7 Å². The van der Waals surface area contributed by atoms with Gasteiger partial charge in [0, 0.05) is 30.6 Å². The number of para-hydroxylation sites is 1. The third kappa shape index (κ3) is 4.07. The first-order chi connectivity index (χ1) is 15.1. The van der Waals surface area contributed by atoms with Crippen LogP contribution in [0, 0.1) is 32.7 Å². The molecule has 178 valence electrons. The zero-order chi connectivity index (χ0) is 23.4. The molecule has 4 aliphatic rings. The van der Waals surface area contributed by atoms with Gasteiger partial charge in [0.2, 0.25) is 5.91 Å². The lowest BCUT2D eigenvalue weighted by molar-refractivity contribution is -0.139. The third-order valence-corrected chi connectivity index (χ3v) is 9.61. The van der Waals surface area contributed by atoms with E-state index in [1.165, 1.54) is 6.42 Å². The predicted octanol–water partition coefficient (Wildman–Crippen LogP) is 3.03. The standard InChI is InChI=1S/C25H37IN2O4/c1-13-17-9-16(25(17,3)4)10-19(13)27-24(31)22-21(14(2)29)20(30)12-28(22)11-15-7-6-8-18(26)23(15)32-5/h6-8,13-14,16-17,19-22,29-30H,9-12H2,1-5H3,(H,27,31)/t13?,14-,16+,17-,19-,20-,21+,22-/m0/s1. The number of rotatable bonds is 6. The summed E-state index contributed by atoms with van der Waals surface area (Å²) in [7, 11) is 1.65. The molecule has 1 saturated heterocycles. The second kappa shape index (κ2) is 9.04. The average molecular weight is 556 g/mol. The van der Waals surface area contributed by atoms with Gasteiger partial charge in [0.15, 0.2) is 0 Å². The number of halogens is 1. The normalized spacial score (nSPS) is 36.9. The fourth-order valence-electron chi connectivity index (χ4n) is 6.75. The molecule has 2 bridgehead atoms. The average Bonchev–Trinajstić information content (AvgIpc) is 3.05. The number of aliphatic hydroxyl groups excluding tert-OH is 2. The molecule has 3 aliphatic carbocycles. The predicted molar refractivity (Wildman–Crippen MR) is 132 cm³/mol.